The fourth-order valence-electron chi connectivity index (χ4n) is 3.21. The van der Waals surface area contributed by atoms with Crippen LogP contribution in [0.4, 0.5) is 5.82 Å². The van der Waals surface area contributed by atoms with Gasteiger partial charge in [-0.25, -0.2) is 4.98 Å². The molecule has 2 N–H and O–H groups in total. The van der Waals surface area contributed by atoms with Crippen LogP contribution in [0, 0.1) is 5.92 Å². The third-order valence-corrected chi connectivity index (χ3v) is 4.21. The Bertz CT molecular complexity index is 388. The molecular formula is C13H21N3. The third-order valence-electron chi connectivity index (χ3n) is 4.21. The smallest absolute Gasteiger partial charge is 0.127 e. The van der Waals surface area contributed by atoms with Crippen molar-refractivity contribution in [2.45, 2.75) is 57.9 Å². The summed E-state index contributed by atoms with van der Waals surface area (Å²) in [4.78, 5) is 4.80. The number of rotatable bonds is 1. The molecule has 1 aromatic rings. The van der Waals surface area contributed by atoms with Crippen LogP contribution in [0.25, 0.3) is 0 Å². The van der Waals surface area contributed by atoms with E-state index < -0.39 is 0 Å². The molecule has 1 aliphatic carbocycles. The van der Waals surface area contributed by atoms with Crippen molar-refractivity contribution in [3.8, 4) is 0 Å². The van der Waals surface area contributed by atoms with E-state index in [2.05, 4.69) is 11.5 Å². The highest BCUT2D eigenvalue weighted by Gasteiger charge is 2.27. The molecule has 88 valence electrons. The lowest BCUT2D eigenvalue weighted by Gasteiger charge is -2.20. The van der Waals surface area contributed by atoms with Gasteiger partial charge >= 0.3 is 0 Å². The van der Waals surface area contributed by atoms with Crippen molar-refractivity contribution in [2.24, 2.45) is 5.92 Å². The number of nitrogen functional groups attached to an aromatic ring is 1. The largest absolute Gasteiger partial charge is 0.384 e. The zero-order valence-electron chi connectivity index (χ0n) is 10.1. The summed E-state index contributed by atoms with van der Waals surface area (Å²) in [5, 5.41) is 0. The Morgan fingerprint density at radius 2 is 2.00 bits per heavy atom. The van der Waals surface area contributed by atoms with E-state index in [4.69, 9.17) is 10.7 Å². The van der Waals surface area contributed by atoms with E-state index in [0.29, 0.717) is 5.92 Å². The summed E-state index contributed by atoms with van der Waals surface area (Å²) < 4.78 is 2.27. The molecule has 0 aromatic carbocycles. The van der Waals surface area contributed by atoms with Gasteiger partial charge < -0.3 is 10.3 Å². The van der Waals surface area contributed by atoms with Crippen molar-refractivity contribution in [3.05, 3.63) is 11.5 Å². The maximum atomic E-state index is 6.27. The van der Waals surface area contributed by atoms with Crippen LogP contribution in [0.2, 0.25) is 0 Å². The Morgan fingerprint density at radius 1 is 1.25 bits per heavy atom. The molecule has 0 saturated heterocycles. The SMILES string of the molecule is CC1CCc2nc(C3CCCC3)c(N)n2C1. The highest BCUT2D eigenvalue weighted by molar-refractivity contribution is 5.41. The lowest BCUT2D eigenvalue weighted by atomic mass is 10.0. The summed E-state index contributed by atoms with van der Waals surface area (Å²) in [5.74, 6) is 3.60. The standard InChI is InChI=1S/C13H21N3/c1-9-6-7-11-15-12(10-4-2-3-5-10)13(14)16(11)8-9/h9-10H,2-8,14H2,1H3. The van der Waals surface area contributed by atoms with Crippen molar-refractivity contribution in [3.63, 3.8) is 0 Å². The fraction of sp³-hybridized carbons (Fsp3) is 0.769. The molecule has 1 atom stereocenters. The predicted molar refractivity (Wildman–Crippen MR) is 65.3 cm³/mol. The maximum Gasteiger partial charge on any atom is 0.127 e. The molecule has 3 nitrogen and oxygen atoms in total. The van der Waals surface area contributed by atoms with Crippen LogP contribution in [0.1, 0.15) is 56.5 Å². The van der Waals surface area contributed by atoms with Crippen molar-refractivity contribution in [2.75, 3.05) is 5.73 Å². The van der Waals surface area contributed by atoms with Gasteiger partial charge in [0.25, 0.3) is 0 Å². The van der Waals surface area contributed by atoms with Crippen molar-refractivity contribution >= 4 is 5.82 Å². The molecule has 0 radical (unpaired) electrons. The molecule has 0 spiro atoms. The van der Waals surface area contributed by atoms with Crippen LogP contribution in [0.5, 0.6) is 0 Å². The van der Waals surface area contributed by atoms with E-state index in [9.17, 15) is 0 Å². The van der Waals surface area contributed by atoms with Gasteiger partial charge in [-0.05, 0) is 25.2 Å². The summed E-state index contributed by atoms with van der Waals surface area (Å²) in [6.45, 7) is 3.37. The molecule has 1 saturated carbocycles. The lowest BCUT2D eigenvalue weighted by molar-refractivity contribution is 0.397. The molecular weight excluding hydrogens is 198 g/mol. The predicted octanol–water partition coefficient (Wildman–Crippen LogP) is 2.71. The molecule has 0 bridgehead atoms. The number of anilines is 1. The van der Waals surface area contributed by atoms with Crippen LogP contribution in [0.15, 0.2) is 0 Å². The van der Waals surface area contributed by atoms with Crippen molar-refractivity contribution < 1.29 is 0 Å². The normalized spacial score (nSPS) is 25.9. The van der Waals surface area contributed by atoms with Gasteiger partial charge in [0.1, 0.15) is 11.6 Å². The summed E-state index contributed by atoms with van der Waals surface area (Å²) in [6, 6.07) is 0. The molecule has 0 amide bonds. The number of imidazole rings is 1. The van der Waals surface area contributed by atoms with Crippen LogP contribution in [0.3, 0.4) is 0 Å². The van der Waals surface area contributed by atoms with E-state index in [0.717, 1.165) is 24.7 Å². The first-order valence-corrected chi connectivity index (χ1v) is 6.60. The van der Waals surface area contributed by atoms with Crippen molar-refractivity contribution in [1.29, 1.82) is 0 Å². The zero-order chi connectivity index (χ0) is 11.1. The minimum Gasteiger partial charge on any atom is -0.384 e. The fourth-order valence-corrected chi connectivity index (χ4v) is 3.21. The van der Waals surface area contributed by atoms with Gasteiger partial charge in [0.15, 0.2) is 0 Å². The number of hydrogen-bond donors (Lipinski definition) is 1. The second-order valence-corrected chi connectivity index (χ2v) is 5.53. The monoisotopic (exact) mass is 219 g/mol. The van der Waals surface area contributed by atoms with Crippen LogP contribution in [-0.2, 0) is 13.0 Å². The third kappa shape index (κ3) is 1.53. The number of nitrogens with two attached hydrogens (primary N) is 1. The summed E-state index contributed by atoms with van der Waals surface area (Å²) >= 11 is 0. The Balaban J connectivity index is 1.95. The number of hydrogen-bond acceptors (Lipinski definition) is 2. The van der Waals surface area contributed by atoms with E-state index in [1.807, 2.05) is 0 Å². The average Bonchev–Trinajstić information content (AvgIpc) is 2.87. The topological polar surface area (TPSA) is 43.8 Å². The molecule has 2 aliphatic rings. The summed E-state index contributed by atoms with van der Waals surface area (Å²) in [7, 11) is 0. The Morgan fingerprint density at radius 3 is 2.75 bits per heavy atom. The molecule has 16 heavy (non-hydrogen) atoms. The Kier molecular flexibility index (Phi) is 2.41. The van der Waals surface area contributed by atoms with Crippen LogP contribution >= 0.6 is 0 Å². The number of aryl methyl sites for hydroxylation is 1. The van der Waals surface area contributed by atoms with Gasteiger partial charge in [-0.2, -0.15) is 0 Å². The van der Waals surface area contributed by atoms with Gasteiger partial charge in [0, 0.05) is 18.9 Å². The molecule has 1 aromatic heterocycles. The molecule has 1 fully saturated rings. The zero-order valence-corrected chi connectivity index (χ0v) is 10.1. The Hall–Kier alpha value is -0.990. The van der Waals surface area contributed by atoms with Gasteiger partial charge in [-0.15, -0.1) is 0 Å². The molecule has 1 unspecified atom stereocenters. The number of fused-ring (bicyclic) bond motifs is 1. The van der Waals surface area contributed by atoms with Gasteiger partial charge in [-0.3, -0.25) is 0 Å². The highest BCUT2D eigenvalue weighted by atomic mass is 15.2. The number of nitrogens with zero attached hydrogens (tertiary/aromatic N) is 2. The number of aromatic nitrogens is 2. The molecule has 3 rings (SSSR count). The second-order valence-electron chi connectivity index (χ2n) is 5.53. The first-order chi connectivity index (χ1) is 7.75. The summed E-state index contributed by atoms with van der Waals surface area (Å²) in [6.07, 6.45) is 7.65. The minimum absolute atomic E-state index is 0.647. The Labute approximate surface area is 97.0 Å². The summed E-state index contributed by atoms with van der Waals surface area (Å²) in [5.41, 5.74) is 7.48. The van der Waals surface area contributed by atoms with Gasteiger partial charge in [0.05, 0.1) is 5.69 Å². The first-order valence-electron chi connectivity index (χ1n) is 6.60. The minimum atomic E-state index is 0.647. The average molecular weight is 219 g/mol. The second kappa shape index (κ2) is 3.79. The quantitative estimate of drug-likeness (QED) is 0.789. The van der Waals surface area contributed by atoms with E-state index >= 15 is 0 Å². The van der Waals surface area contributed by atoms with Crippen LogP contribution in [-0.4, -0.2) is 9.55 Å². The van der Waals surface area contributed by atoms with E-state index in [1.165, 1.54) is 43.6 Å². The van der Waals surface area contributed by atoms with E-state index in [-0.39, 0.29) is 0 Å². The van der Waals surface area contributed by atoms with Crippen molar-refractivity contribution in [1.82, 2.24) is 9.55 Å². The van der Waals surface area contributed by atoms with Gasteiger partial charge in [-0.1, -0.05) is 19.8 Å². The highest BCUT2D eigenvalue weighted by Crippen LogP contribution is 2.37. The lowest BCUT2D eigenvalue weighted by Crippen LogP contribution is -2.19. The van der Waals surface area contributed by atoms with Gasteiger partial charge in [0.2, 0.25) is 0 Å². The van der Waals surface area contributed by atoms with E-state index in [1.54, 1.807) is 0 Å². The molecule has 1 aliphatic heterocycles. The molecule has 2 heterocycles. The molecule has 3 heteroatoms. The van der Waals surface area contributed by atoms with Crippen LogP contribution < -0.4 is 5.73 Å². The first kappa shape index (κ1) is 10.2. The maximum absolute atomic E-state index is 6.27.